The van der Waals surface area contributed by atoms with Crippen molar-refractivity contribution in [3.8, 4) is 17.1 Å². The monoisotopic (exact) mass is 401 g/mol. The molecule has 4 aromatic rings. The number of aromatic amines is 2. The van der Waals surface area contributed by atoms with Crippen LogP contribution >= 0.6 is 0 Å². The molecule has 0 aliphatic carbocycles. The highest BCUT2D eigenvalue weighted by Gasteiger charge is 2.28. The third-order valence-electron chi connectivity index (χ3n) is 4.09. The molecule has 0 fully saturated rings. The lowest BCUT2D eigenvalue weighted by Gasteiger charge is -2.16. The molecule has 4 aromatic heterocycles. The average molecular weight is 401 g/mol. The number of halogens is 2. The first kappa shape index (κ1) is 18.4. The third-order valence-corrected chi connectivity index (χ3v) is 4.09. The molecule has 0 spiro atoms. The molecular weight excluding hydrogens is 388 g/mol. The van der Waals surface area contributed by atoms with Crippen molar-refractivity contribution in [2.75, 3.05) is 0 Å². The van der Waals surface area contributed by atoms with Crippen LogP contribution < -0.4 is 16.0 Å². The molecule has 0 aliphatic heterocycles. The Morgan fingerprint density at radius 3 is 2.72 bits per heavy atom. The van der Waals surface area contributed by atoms with Crippen LogP contribution in [0.3, 0.4) is 0 Å². The largest absolute Gasteiger partial charge is 0.460 e. The number of nitrogens with one attached hydrogen (secondary N) is 2. The maximum absolute atomic E-state index is 13.6. The van der Waals surface area contributed by atoms with E-state index >= 15 is 0 Å². The Balaban J connectivity index is 1.80. The summed E-state index contributed by atoms with van der Waals surface area (Å²) in [7, 11) is 1.55. The quantitative estimate of drug-likeness (QED) is 0.513. The van der Waals surface area contributed by atoms with Gasteiger partial charge in [0.2, 0.25) is 12.0 Å². The summed E-state index contributed by atoms with van der Waals surface area (Å²) in [6.45, 7) is 0. The van der Waals surface area contributed by atoms with Crippen molar-refractivity contribution in [2.24, 2.45) is 7.05 Å². The summed E-state index contributed by atoms with van der Waals surface area (Å²) in [6.07, 6.45) is -1.94. The van der Waals surface area contributed by atoms with E-state index in [4.69, 9.17) is 4.74 Å². The smallest absolute Gasteiger partial charge is 0.325 e. The van der Waals surface area contributed by atoms with E-state index in [1.807, 2.05) is 0 Å². The molecule has 12 heteroatoms. The molecule has 1 atom stereocenters. The van der Waals surface area contributed by atoms with Gasteiger partial charge >= 0.3 is 5.69 Å². The van der Waals surface area contributed by atoms with Crippen molar-refractivity contribution in [3.63, 3.8) is 0 Å². The molecule has 0 aliphatic rings. The van der Waals surface area contributed by atoms with E-state index in [1.165, 1.54) is 29.2 Å². The fourth-order valence-corrected chi connectivity index (χ4v) is 2.74. The van der Waals surface area contributed by atoms with Crippen LogP contribution in [0.2, 0.25) is 0 Å². The predicted molar refractivity (Wildman–Crippen MR) is 96.6 cm³/mol. The SMILES string of the molecule is Cn1nc(O[C@@H](c2ccccn2)C(F)F)c2cc(-c3c[nH]c(=O)[nH]c3=O)nnc21. The number of pyridine rings is 1. The van der Waals surface area contributed by atoms with Gasteiger partial charge in [0, 0.05) is 19.4 Å². The van der Waals surface area contributed by atoms with Gasteiger partial charge in [-0.2, -0.15) is 0 Å². The van der Waals surface area contributed by atoms with Crippen molar-refractivity contribution in [1.29, 1.82) is 0 Å². The van der Waals surface area contributed by atoms with Gasteiger partial charge in [-0.25, -0.2) is 18.3 Å². The van der Waals surface area contributed by atoms with E-state index in [2.05, 4.69) is 30.2 Å². The van der Waals surface area contributed by atoms with Crippen LogP contribution in [0.5, 0.6) is 5.88 Å². The highest BCUT2D eigenvalue weighted by Crippen LogP contribution is 2.31. The molecule has 0 bridgehead atoms. The van der Waals surface area contributed by atoms with E-state index in [0.29, 0.717) is 0 Å². The van der Waals surface area contributed by atoms with Crippen LogP contribution in [0.25, 0.3) is 22.3 Å². The number of aryl methyl sites for hydroxylation is 1. The number of H-pyrrole nitrogens is 2. The Morgan fingerprint density at radius 1 is 1.21 bits per heavy atom. The van der Waals surface area contributed by atoms with Crippen molar-refractivity contribution in [2.45, 2.75) is 12.5 Å². The standard InChI is InChI=1S/C17H13F2N7O3/c1-26-14-8(6-11(23-24-14)9-7-21-17(28)22-15(9)27)16(25-26)29-12(13(18)19)10-4-2-3-5-20-10/h2-7,12-13H,1H3,(H2,21,22,27,28)/t12-/m0/s1. The van der Waals surface area contributed by atoms with Gasteiger partial charge in [0.25, 0.3) is 12.0 Å². The summed E-state index contributed by atoms with van der Waals surface area (Å²) in [5.74, 6) is -0.115. The van der Waals surface area contributed by atoms with Crippen LogP contribution in [0, 0.1) is 0 Å². The third kappa shape index (κ3) is 3.47. The van der Waals surface area contributed by atoms with Gasteiger partial charge in [-0.1, -0.05) is 6.07 Å². The normalized spacial score (nSPS) is 12.4. The molecule has 4 rings (SSSR count). The van der Waals surface area contributed by atoms with Gasteiger partial charge in [-0.3, -0.25) is 14.8 Å². The summed E-state index contributed by atoms with van der Waals surface area (Å²) in [4.78, 5) is 31.6. The number of alkyl halides is 2. The van der Waals surface area contributed by atoms with E-state index in [1.54, 1.807) is 19.2 Å². The van der Waals surface area contributed by atoms with Gasteiger partial charge in [0.15, 0.2) is 5.65 Å². The Morgan fingerprint density at radius 2 is 2.03 bits per heavy atom. The van der Waals surface area contributed by atoms with E-state index in [-0.39, 0.29) is 33.9 Å². The number of hydrogen-bond donors (Lipinski definition) is 2. The van der Waals surface area contributed by atoms with Gasteiger partial charge in [-0.15, -0.1) is 15.3 Å². The first-order chi connectivity index (χ1) is 13.9. The summed E-state index contributed by atoms with van der Waals surface area (Å²) in [6, 6.07) is 6.02. The van der Waals surface area contributed by atoms with Gasteiger partial charge in [-0.05, 0) is 18.2 Å². The van der Waals surface area contributed by atoms with Crippen LogP contribution in [0.1, 0.15) is 11.8 Å². The number of aromatic nitrogens is 7. The highest BCUT2D eigenvalue weighted by molar-refractivity contribution is 5.84. The molecule has 0 aromatic carbocycles. The summed E-state index contributed by atoms with van der Waals surface area (Å²) >= 11 is 0. The number of hydrogen-bond acceptors (Lipinski definition) is 7. The molecule has 0 saturated heterocycles. The first-order valence-electron chi connectivity index (χ1n) is 8.32. The molecule has 148 valence electrons. The van der Waals surface area contributed by atoms with Gasteiger partial charge in [0.05, 0.1) is 16.6 Å². The molecular formula is C17H13F2N7O3. The zero-order valence-electron chi connectivity index (χ0n) is 14.8. The lowest BCUT2D eigenvalue weighted by molar-refractivity contribution is 0.00611. The minimum atomic E-state index is -2.86. The molecule has 0 saturated carbocycles. The van der Waals surface area contributed by atoms with Crippen LogP contribution in [-0.2, 0) is 7.05 Å². The molecule has 10 nitrogen and oxygen atoms in total. The lowest BCUT2D eigenvalue weighted by atomic mass is 10.2. The maximum Gasteiger partial charge on any atom is 0.325 e. The minimum absolute atomic E-state index is 0.0422. The zero-order chi connectivity index (χ0) is 20.5. The second-order valence-electron chi connectivity index (χ2n) is 6.01. The molecule has 0 unspecified atom stereocenters. The van der Waals surface area contributed by atoms with Crippen LogP contribution in [-0.4, -0.2) is 41.4 Å². The minimum Gasteiger partial charge on any atom is -0.460 e. The number of nitrogens with zero attached hydrogens (tertiary/aromatic N) is 5. The second-order valence-corrected chi connectivity index (χ2v) is 6.01. The van der Waals surface area contributed by atoms with Crippen molar-refractivity contribution < 1.29 is 13.5 Å². The van der Waals surface area contributed by atoms with E-state index in [0.717, 1.165) is 0 Å². The highest BCUT2D eigenvalue weighted by atomic mass is 19.3. The number of ether oxygens (including phenoxy) is 1. The first-order valence-corrected chi connectivity index (χ1v) is 8.32. The van der Waals surface area contributed by atoms with Crippen molar-refractivity contribution in [3.05, 3.63) is 63.2 Å². The predicted octanol–water partition coefficient (Wildman–Crippen LogP) is 1.19. The molecule has 0 radical (unpaired) electrons. The lowest BCUT2D eigenvalue weighted by Crippen LogP contribution is -2.22. The van der Waals surface area contributed by atoms with E-state index in [9.17, 15) is 18.4 Å². The fourth-order valence-electron chi connectivity index (χ4n) is 2.74. The van der Waals surface area contributed by atoms with Crippen LogP contribution in [0.4, 0.5) is 8.78 Å². The summed E-state index contributed by atoms with van der Waals surface area (Å²) < 4.78 is 34.0. The average Bonchev–Trinajstić information content (AvgIpc) is 3.01. The number of fused-ring (bicyclic) bond motifs is 1. The number of rotatable bonds is 5. The van der Waals surface area contributed by atoms with Crippen LogP contribution in [0.15, 0.2) is 46.2 Å². The Bertz CT molecular complexity index is 1280. The Labute approximate surface area is 160 Å². The molecule has 4 heterocycles. The van der Waals surface area contributed by atoms with Gasteiger partial charge < -0.3 is 9.72 Å². The Hall–Kier alpha value is -3.96. The maximum atomic E-state index is 13.6. The summed E-state index contributed by atoms with van der Waals surface area (Å²) in [5.41, 5.74) is -0.886. The molecule has 29 heavy (non-hydrogen) atoms. The molecule has 0 amide bonds. The van der Waals surface area contributed by atoms with Crippen molar-refractivity contribution >= 4 is 11.0 Å². The molecule has 2 N–H and O–H groups in total. The second kappa shape index (κ2) is 7.22. The summed E-state index contributed by atoms with van der Waals surface area (Å²) in [5, 5.41) is 12.3. The van der Waals surface area contributed by atoms with E-state index < -0.39 is 23.8 Å². The van der Waals surface area contributed by atoms with Gasteiger partial charge in [0.1, 0.15) is 5.69 Å². The van der Waals surface area contributed by atoms with Crippen molar-refractivity contribution in [1.82, 2.24) is 34.9 Å². The zero-order valence-corrected chi connectivity index (χ0v) is 14.8. The Kier molecular flexibility index (Phi) is 4.58. The fraction of sp³-hybridized carbons (Fsp3) is 0.176. The topological polar surface area (TPSA) is 131 Å².